The Hall–Kier alpha value is -4.96. The quantitative estimate of drug-likeness (QED) is 0.419. The van der Waals surface area contributed by atoms with E-state index in [9.17, 15) is 30.8 Å². The molecular weight excluding hydrogens is 392 g/mol. The van der Waals surface area contributed by atoms with Crippen molar-refractivity contribution in [2.75, 3.05) is 0 Å². The highest BCUT2D eigenvalue weighted by Gasteiger charge is 2.15. The molecule has 0 bridgehead atoms. The molecule has 0 aliphatic heterocycles. The first-order chi connectivity index (χ1) is 14.4. The van der Waals surface area contributed by atoms with Crippen molar-refractivity contribution in [3.8, 4) is 35.1 Å². The monoisotopic (exact) mass is 402 g/mol. The summed E-state index contributed by atoms with van der Waals surface area (Å²) in [4.78, 5) is 20.5. The number of non-ortho nitro benzene ring substituents is 2. The van der Waals surface area contributed by atoms with Crippen LogP contribution in [0.2, 0.25) is 0 Å². The summed E-state index contributed by atoms with van der Waals surface area (Å²) >= 11 is 0. The molecule has 0 aromatic heterocycles. The van der Waals surface area contributed by atoms with Gasteiger partial charge in [-0.3, -0.25) is 20.2 Å². The van der Waals surface area contributed by atoms with E-state index in [0.29, 0.717) is 0 Å². The minimum atomic E-state index is -0.553. The minimum Gasteiger partial charge on any atom is -0.453 e. The highest BCUT2D eigenvalue weighted by Crippen LogP contribution is 2.37. The van der Waals surface area contributed by atoms with E-state index in [4.69, 9.17) is 9.47 Å². The number of nitro benzene ring substituents is 2. The van der Waals surface area contributed by atoms with Crippen molar-refractivity contribution in [3.05, 3.63) is 92.0 Å². The van der Waals surface area contributed by atoms with E-state index in [-0.39, 0.29) is 45.5 Å². The Labute approximate surface area is 169 Å². The Kier molecular flexibility index (Phi) is 5.52. The van der Waals surface area contributed by atoms with E-state index in [0.717, 1.165) is 0 Å². The fourth-order valence-corrected chi connectivity index (χ4v) is 2.43. The third kappa shape index (κ3) is 4.30. The molecule has 10 heteroatoms. The fraction of sp³-hybridized carbons (Fsp3) is 0. The highest BCUT2D eigenvalue weighted by atomic mass is 16.6. The zero-order chi connectivity index (χ0) is 21.7. The van der Waals surface area contributed by atoms with Gasteiger partial charge < -0.3 is 9.47 Å². The van der Waals surface area contributed by atoms with Crippen molar-refractivity contribution in [1.29, 1.82) is 10.5 Å². The fourth-order valence-electron chi connectivity index (χ4n) is 2.43. The van der Waals surface area contributed by atoms with Gasteiger partial charge in [-0.25, -0.2) is 0 Å². The van der Waals surface area contributed by atoms with Crippen LogP contribution in [-0.4, -0.2) is 9.85 Å². The summed E-state index contributed by atoms with van der Waals surface area (Å²) in [7, 11) is 0. The van der Waals surface area contributed by atoms with E-state index >= 15 is 0 Å². The van der Waals surface area contributed by atoms with Crippen LogP contribution < -0.4 is 9.47 Å². The predicted octanol–water partition coefficient (Wildman–Crippen LogP) is 4.83. The average molecular weight is 402 g/mol. The maximum absolute atomic E-state index is 10.8. The molecule has 0 fully saturated rings. The van der Waals surface area contributed by atoms with Gasteiger partial charge in [0.15, 0.2) is 11.5 Å². The van der Waals surface area contributed by atoms with Crippen molar-refractivity contribution in [1.82, 2.24) is 0 Å². The number of benzene rings is 3. The van der Waals surface area contributed by atoms with Gasteiger partial charge in [0.2, 0.25) is 0 Å². The smallest absolute Gasteiger partial charge is 0.269 e. The number of hydrogen-bond donors (Lipinski definition) is 0. The molecule has 0 aliphatic rings. The van der Waals surface area contributed by atoms with Crippen LogP contribution in [0.25, 0.3) is 0 Å². The number of hydrogen-bond acceptors (Lipinski definition) is 8. The topological polar surface area (TPSA) is 152 Å². The van der Waals surface area contributed by atoms with Crippen LogP contribution in [0.15, 0.2) is 60.7 Å². The van der Waals surface area contributed by atoms with Crippen LogP contribution in [0.5, 0.6) is 23.0 Å². The summed E-state index contributed by atoms with van der Waals surface area (Å²) in [5.41, 5.74) is -0.152. The second-order valence-electron chi connectivity index (χ2n) is 5.77. The average Bonchev–Trinajstić information content (AvgIpc) is 2.75. The number of nitro groups is 2. The van der Waals surface area contributed by atoms with E-state index in [1.165, 1.54) is 60.7 Å². The van der Waals surface area contributed by atoms with Gasteiger partial charge in [0.05, 0.1) is 21.0 Å². The molecule has 3 rings (SSSR count). The summed E-state index contributed by atoms with van der Waals surface area (Å²) in [6, 6.07) is 16.9. The lowest BCUT2D eigenvalue weighted by atomic mass is 10.1. The first kappa shape index (κ1) is 19.8. The number of ether oxygens (including phenoxy) is 2. The summed E-state index contributed by atoms with van der Waals surface area (Å²) in [5, 5.41) is 40.1. The van der Waals surface area contributed by atoms with Crippen LogP contribution >= 0.6 is 0 Å². The predicted molar refractivity (Wildman–Crippen MR) is 102 cm³/mol. The summed E-state index contributed by atoms with van der Waals surface area (Å²) < 4.78 is 11.4. The van der Waals surface area contributed by atoms with Crippen molar-refractivity contribution < 1.29 is 19.3 Å². The van der Waals surface area contributed by atoms with Gasteiger partial charge in [-0.1, -0.05) is 0 Å². The molecule has 3 aromatic carbocycles. The van der Waals surface area contributed by atoms with Crippen LogP contribution in [0.3, 0.4) is 0 Å². The SMILES string of the molecule is N#Cc1cc(Oc2ccc([N+](=O)[O-])cc2)c(Oc2ccc([N+](=O)[O-])cc2)cc1C#N. The second-order valence-corrected chi connectivity index (χ2v) is 5.77. The number of nitriles is 2. The number of nitrogens with zero attached hydrogens (tertiary/aromatic N) is 4. The molecule has 0 N–H and O–H groups in total. The Morgan fingerprint density at radius 1 is 0.667 bits per heavy atom. The lowest BCUT2D eigenvalue weighted by Gasteiger charge is -2.13. The Balaban J connectivity index is 1.98. The summed E-state index contributed by atoms with van der Waals surface area (Å²) in [5.74, 6) is 0.640. The molecule has 0 heterocycles. The van der Waals surface area contributed by atoms with Gasteiger partial charge in [-0.05, 0) is 24.3 Å². The number of rotatable bonds is 6. The van der Waals surface area contributed by atoms with Gasteiger partial charge >= 0.3 is 0 Å². The molecule has 0 atom stereocenters. The second kappa shape index (κ2) is 8.37. The van der Waals surface area contributed by atoms with Crippen LogP contribution in [-0.2, 0) is 0 Å². The Bertz CT molecular complexity index is 1110. The molecule has 0 spiro atoms. The molecule has 0 unspecified atom stereocenters. The molecular formula is C20H10N4O6. The Morgan fingerprint density at radius 2 is 1.00 bits per heavy atom. The normalized spacial score (nSPS) is 9.80. The molecule has 30 heavy (non-hydrogen) atoms. The van der Waals surface area contributed by atoms with E-state index < -0.39 is 9.85 Å². The Morgan fingerprint density at radius 3 is 1.27 bits per heavy atom. The maximum atomic E-state index is 10.8. The van der Waals surface area contributed by atoms with Crippen molar-refractivity contribution in [3.63, 3.8) is 0 Å². The van der Waals surface area contributed by atoms with Gasteiger partial charge in [0, 0.05) is 36.4 Å². The first-order valence-electron chi connectivity index (χ1n) is 8.24. The van der Waals surface area contributed by atoms with E-state index in [2.05, 4.69) is 0 Å². The van der Waals surface area contributed by atoms with E-state index in [1.54, 1.807) is 0 Å². The van der Waals surface area contributed by atoms with Gasteiger partial charge in [-0.15, -0.1) is 0 Å². The van der Waals surface area contributed by atoms with Crippen molar-refractivity contribution >= 4 is 11.4 Å². The highest BCUT2D eigenvalue weighted by molar-refractivity contribution is 5.58. The molecule has 146 valence electrons. The van der Waals surface area contributed by atoms with Gasteiger partial charge in [0.25, 0.3) is 11.4 Å². The van der Waals surface area contributed by atoms with Crippen molar-refractivity contribution in [2.24, 2.45) is 0 Å². The van der Waals surface area contributed by atoms with Gasteiger partial charge in [0.1, 0.15) is 23.6 Å². The molecule has 0 radical (unpaired) electrons. The summed E-state index contributed by atoms with van der Waals surface area (Å²) in [6.45, 7) is 0. The van der Waals surface area contributed by atoms with Crippen LogP contribution in [0, 0.1) is 42.9 Å². The molecule has 10 nitrogen and oxygen atoms in total. The lowest BCUT2D eigenvalue weighted by molar-refractivity contribution is -0.385. The first-order valence-corrected chi connectivity index (χ1v) is 8.24. The van der Waals surface area contributed by atoms with E-state index in [1.807, 2.05) is 12.1 Å². The molecule has 0 saturated heterocycles. The summed E-state index contributed by atoms with van der Waals surface area (Å²) in [6.07, 6.45) is 0. The zero-order valence-electron chi connectivity index (χ0n) is 15.0. The third-order valence-electron chi connectivity index (χ3n) is 3.88. The standard InChI is InChI=1S/C20H10N4O6/c21-11-13-9-19(29-17-5-1-15(2-6-17)23(25)26)20(10-14(13)12-22)30-18-7-3-16(4-8-18)24(27)28/h1-10H. The third-order valence-corrected chi connectivity index (χ3v) is 3.88. The van der Waals surface area contributed by atoms with Crippen LogP contribution in [0.1, 0.15) is 11.1 Å². The molecule has 0 aliphatic carbocycles. The maximum Gasteiger partial charge on any atom is 0.269 e. The van der Waals surface area contributed by atoms with Crippen molar-refractivity contribution in [2.45, 2.75) is 0 Å². The molecule has 0 saturated carbocycles. The largest absolute Gasteiger partial charge is 0.453 e. The van der Waals surface area contributed by atoms with Gasteiger partial charge in [-0.2, -0.15) is 10.5 Å². The molecule has 3 aromatic rings. The molecule has 0 amide bonds. The van der Waals surface area contributed by atoms with Crippen LogP contribution in [0.4, 0.5) is 11.4 Å². The zero-order valence-corrected chi connectivity index (χ0v) is 15.0. The minimum absolute atomic E-state index is 0.0467. The lowest BCUT2D eigenvalue weighted by Crippen LogP contribution is -1.95.